The fourth-order valence-electron chi connectivity index (χ4n) is 2.13. The maximum Gasteiger partial charge on any atom is 0.256 e. The Balaban J connectivity index is 1.81. The highest BCUT2D eigenvalue weighted by Gasteiger charge is 2.27. The lowest BCUT2D eigenvalue weighted by Gasteiger charge is -2.15. The predicted octanol–water partition coefficient (Wildman–Crippen LogP) is 1.94. The maximum atomic E-state index is 12.1. The number of fused-ring (bicyclic) bond motifs is 1. The molecule has 0 unspecified atom stereocenters. The van der Waals surface area contributed by atoms with Crippen molar-refractivity contribution in [3.05, 3.63) is 59.4 Å². The van der Waals surface area contributed by atoms with Gasteiger partial charge < -0.3 is 10.0 Å². The molecule has 2 heterocycles. The number of hydrogen-bond donors (Lipinski definition) is 1. The highest BCUT2D eigenvalue weighted by Crippen LogP contribution is 2.22. The summed E-state index contributed by atoms with van der Waals surface area (Å²) in [5.41, 5.74) is 2.52. The summed E-state index contributed by atoms with van der Waals surface area (Å²) in [7, 11) is 0. The molecule has 0 saturated heterocycles. The Hall–Kier alpha value is -2.36. The van der Waals surface area contributed by atoms with E-state index in [1.165, 1.54) is 0 Å². The Morgan fingerprint density at radius 3 is 2.72 bits per heavy atom. The molecule has 3 rings (SSSR count). The fraction of sp³-hybridized carbons (Fsp3) is 0.143. The van der Waals surface area contributed by atoms with Crippen LogP contribution in [0.3, 0.4) is 0 Å². The summed E-state index contributed by atoms with van der Waals surface area (Å²) in [6.45, 7) is 1.09. The number of pyridine rings is 1. The predicted molar refractivity (Wildman–Crippen MR) is 65.9 cm³/mol. The zero-order chi connectivity index (χ0) is 12.5. The smallest absolute Gasteiger partial charge is 0.256 e. The van der Waals surface area contributed by atoms with Gasteiger partial charge in [0.2, 0.25) is 0 Å². The van der Waals surface area contributed by atoms with Crippen LogP contribution in [0.5, 0.6) is 5.75 Å². The van der Waals surface area contributed by atoms with Crippen molar-refractivity contribution in [2.45, 2.75) is 13.1 Å². The van der Waals surface area contributed by atoms with E-state index < -0.39 is 0 Å². The summed E-state index contributed by atoms with van der Waals surface area (Å²) >= 11 is 0. The van der Waals surface area contributed by atoms with Crippen molar-refractivity contribution in [1.82, 2.24) is 9.88 Å². The summed E-state index contributed by atoms with van der Waals surface area (Å²) < 4.78 is 0. The molecule has 0 aliphatic carbocycles. The number of rotatable bonds is 2. The third kappa shape index (κ3) is 1.82. The highest BCUT2D eigenvalue weighted by atomic mass is 16.3. The van der Waals surface area contributed by atoms with E-state index in [2.05, 4.69) is 4.98 Å². The van der Waals surface area contributed by atoms with Gasteiger partial charge in [0.1, 0.15) is 5.75 Å². The molecular formula is C14H12N2O2. The Labute approximate surface area is 105 Å². The molecule has 1 aromatic heterocycles. The monoisotopic (exact) mass is 240 g/mol. The van der Waals surface area contributed by atoms with Crippen molar-refractivity contribution in [2.75, 3.05) is 0 Å². The van der Waals surface area contributed by atoms with Crippen LogP contribution in [0, 0.1) is 0 Å². The van der Waals surface area contributed by atoms with Gasteiger partial charge in [-0.3, -0.25) is 9.78 Å². The van der Waals surface area contributed by atoms with Crippen molar-refractivity contribution >= 4 is 5.91 Å². The summed E-state index contributed by atoms with van der Waals surface area (Å²) in [4.78, 5) is 18.1. The van der Waals surface area contributed by atoms with E-state index in [1.54, 1.807) is 29.3 Å². The lowest BCUT2D eigenvalue weighted by atomic mass is 10.2. The van der Waals surface area contributed by atoms with Crippen LogP contribution in [-0.4, -0.2) is 20.9 Å². The minimum Gasteiger partial charge on any atom is -0.508 e. The first-order chi connectivity index (χ1) is 8.74. The number of aromatic nitrogens is 1. The fourth-order valence-corrected chi connectivity index (χ4v) is 2.13. The normalized spacial score (nSPS) is 13.8. The maximum absolute atomic E-state index is 12.1. The SMILES string of the molecule is O=C1c2cccnc2CN1Cc1ccc(O)cc1. The molecule has 0 atom stereocenters. The van der Waals surface area contributed by atoms with Gasteiger partial charge in [-0.1, -0.05) is 12.1 Å². The largest absolute Gasteiger partial charge is 0.508 e. The molecule has 0 fully saturated rings. The van der Waals surface area contributed by atoms with Crippen LogP contribution in [0.25, 0.3) is 0 Å². The number of phenols is 1. The molecule has 2 aromatic rings. The van der Waals surface area contributed by atoms with Crippen LogP contribution < -0.4 is 0 Å². The van der Waals surface area contributed by atoms with Crippen molar-refractivity contribution < 1.29 is 9.90 Å². The van der Waals surface area contributed by atoms with Gasteiger partial charge in [0, 0.05) is 12.7 Å². The second kappa shape index (κ2) is 4.14. The van der Waals surface area contributed by atoms with Gasteiger partial charge in [0.05, 0.1) is 17.8 Å². The molecule has 4 heteroatoms. The zero-order valence-corrected chi connectivity index (χ0v) is 9.71. The number of hydrogen-bond acceptors (Lipinski definition) is 3. The van der Waals surface area contributed by atoms with Crippen LogP contribution in [0.4, 0.5) is 0 Å². The van der Waals surface area contributed by atoms with Crippen LogP contribution in [0.2, 0.25) is 0 Å². The van der Waals surface area contributed by atoms with Gasteiger partial charge in [0.15, 0.2) is 0 Å². The van der Waals surface area contributed by atoms with E-state index >= 15 is 0 Å². The average molecular weight is 240 g/mol. The molecule has 0 saturated carbocycles. The van der Waals surface area contributed by atoms with Crippen molar-refractivity contribution in [1.29, 1.82) is 0 Å². The second-order valence-corrected chi connectivity index (χ2v) is 4.33. The topological polar surface area (TPSA) is 53.4 Å². The summed E-state index contributed by atoms with van der Waals surface area (Å²) in [6.07, 6.45) is 1.70. The van der Waals surface area contributed by atoms with Gasteiger partial charge in [-0.05, 0) is 29.8 Å². The molecule has 1 aromatic carbocycles. The highest BCUT2D eigenvalue weighted by molar-refractivity contribution is 5.97. The molecule has 90 valence electrons. The van der Waals surface area contributed by atoms with Crippen LogP contribution in [0.15, 0.2) is 42.6 Å². The number of phenolic OH excluding ortho intramolecular Hbond substituents is 1. The van der Waals surface area contributed by atoms with Gasteiger partial charge in [-0.25, -0.2) is 0 Å². The van der Waals surface area contributed by atoms with Crippen LogP contribution >= 0.6 is 0 Å². The molecule has 0 bridgehead atoms. The van der Waals surface area contributed by atoms with Crippen LogP contribution in [-0.2, 0) is 13.1 Å². The van der Waals surface area contributed by atoms with E-state index in [1.807, 2.05) is 18.2 Å². The Morgan fingerprint density at radius 1 is 1.22 bits per heavy atom. The minimum atomic E-state index is 0.0196. The third-order valence-corrected chi connectivity index (χ3v) is 3.06. The number of carbonyl (C=O) groups excluding carboxylic acids is 1. The summed E-state index contributed by atoms with van der Waals surface area (Å²) in [5, 5.41) is 9.22. The summed E-state index contributed by atoms with van der Waals surface area (Å²) in [6, 6.07) is 10.5. The third-order valence-electron chi connectivity index (χ3n) is 3.06. The molecule has 0 spiro atoms. The number of carbonyl (C=O) groups is 1. The Kier molecular flexibility index (Phi) is 2.48. The number of benzene rings is 1. The molecule has 1 aliphatic heterocycles. The van der Waals surface area contributed by atoms with Gasteiger partial charge in [-0.2, -0.15) is 0 Å². The molecule has 4 nitrogen and oxygen atoms in total. The van der Waals surface area contributed by atoms with E-state index in [9.17, 15) is 9.90 Å². The number of amides is 1. The molecule has 1 N–H and O–H groups in total. The van der Waals surface area contributed by atoms with E-state index in [0.717, 1.165) is 11.3 Å². The molecule has 1 amide bonds. The lowest BCUT2D eigenvalue weighted by molar-refractivity contribution is 0.0766. The first-order valence-electron chi connectivity index (χ1n) is 5.75. The van der Waals surface area contributed by atoms with Crippen molar-refractivity contribution in [2.24, 2.45) is 0 Å². The first kappa shape index (κ1) is 10.8. The van der Waals surface area contributed by atoms with Gasteiger partial charge in [-0.15, -0.1) is 0 Å². The van der Waals surface area contributed by atoms with Crippen LogP contribution in [0.1, 0.15) is 21.6 Å². The zero-order valence-electron chi connectivity index (χ0n) is 9.71. The lowest BCUT2D eigenvalue weighted by Crippen LogP contribution is -2.23. The Morgan fingerprint density at radius 2 is 2.00 bits per heavy atom. The molecule has 0 radical (unpaired) electrons. The van der Waals surface area contributed by atoms with E-state index in [0.29, 0.717) is 18.7 Å². The van der Waals surface area contributed by atoms with Gasteiger partial charge >= 0.3 is 0 Å². The molecule has 1 aliphatic rings. The first-order valence-corrected chi connectivity index (χ1v) is 5.75. The average Bonchev–Trinajstić information content (AvgIpc) is 2.70. The molecular weight excluding hydrogens is 228 g/mol. The number of nitrogens with zero attached hydrogens (tertiary/aromatic N) is 2. The summed E-state index contributed by atoms with van der Waals surface area (Å²) in [5.74, 6) is 0.252. The standard InChI is InChI=1S/C14H12N2O2/c17-11-5-3-10(4-6-11)8-16-9-13-12(14(16)18)2-1-7-15-13/h1-7,17H,8-9H2. The van der Waals surface area contributed by atoms with Gasteiger partial charge in [0.25, 0.3) is 5.91 Å². The molecule has 18 heavy (non-hydrogen) atoms. The van der Waals surface area contributed by atoms with Crippen molar-refractivity contribution in [3.63, 3.8) is 0 Å². The van der Waals surface area contributed by atoms with E-state index in [-0.39, 0.29) is 11.7 Å². The second-order valence-electron chi connectivity index (χ2n) is 4.33. The van der Waals surface area contributed by atoms with Crippen molar-refractivity contribution in [3.8, 4) is 5.75 Å². The van der Waals surface area contributed by atoms with E-state index in [4.69, 9.17) is 0 Å². The number of aromatic hydroxyl groups is 1. The minimum absolute atomic E-state index is 0.0196. The Bertz CT molecular complexity index is 593. The quantitative estimate of drug-likeness (QED) is 0.872.